The molecule has 0 radical (unpaired) electrons. The molecule has 0 saturated heterocycles. The molecule has 3 aromatic carbocycles. The van der Waals surface area contributed by atoms with Crippen molar-refractivity contribution in [2.75, 3.05) is 25.4 Å². The number of nitrogens with one attached hydrogen (secondary N) is 2. The predicted molar refractivity (Wildman–Crippen MR) is 124 cm³/mol. The van der Waals surface area contributed by atoms with Crippen molar-refractivity contribution in [1.29, 1.82) is 0 Å². The summed E-state index contributed by atoms with van der Waals surface area (Å²) < 4.78 is 54.9. The Balaban J connectivity index is 1.80. The Bertz CT molecular complexity index is 1250. The lowest BCUT2D eigenvalue weighted by molar-refractivity contribution is 0.0941. The van der Waals surface area contributed by atoms with Gasteiger partial charge >= 0.3 is 0 Å². The van der Waals surface area contributed by atoms with E-state index in [-0.39, 0.29) is 34.6 Å². The number of nitrogens with zero attached hydrogens (tertiary/aromatic N) is 1. The second kappa shape index (κ2) is 10.1. The maximum absolute atomic E-state index is 13.9. The van der Waals surface area contributed by atoms with Crippen LogP contribution in [0.15, 0.2) is 71.6 Å². The van der Waals surface area contributed by atoms with Crippen molar-refractivity contribution >= 4 is 21.6 Å². The first kappa shape index (κ1) is 24.3. The van der Waals surface area contributed by atoms with Gasteiger partial charge in [-0.05, 0) is 68.5 Å². The monoisotopic (exact) mass is 473 g/mol. The molecule has 174 valence electrons. The third-order valence-electron chi connectivity index (χ3n) is 5.22. The summed E-state index contributed by atoms with van der Waals surface area (Å²) in [6.45, 7) is 1.92. The zero-order valence-corrected chi connectivity index (χ0v) is 19.3. The largest absolute Gasteiger partial charge is 0.350 e. The van der Waals surface area contributed by atoms with Gasteiger partial charge < -0.3 is 10.2 Å². The molecule has 0 aliphatic heterocycles. The molecule has 33 heavy (non-hydrogen) atoms. The highest BCUT2D eigenvalue weighted by Gasteiger charge is 2.21. The fourth-order valence-corrected chi connectivity index (χ4v) is 4.42. The fourth-order valence-electron chi connectivity index (χ4n) is 3.33. The Kier molecular flexibility index (Phi) is 7.45. The highest BCUT2D eigenvalue weighted by atomic mass is 32.2. The van der Waals surface area contributed by atoms with E-state index >= 15 is 0 Å². The van der Waals surface area contributed by atoms with Crippen molar-refractivity contribution in [2.45, 2.75) is 17.9 Å². The van der Waals surface area contributed by atoms with Gasteiger partial charge in [0.15, 0.2) is 0 Å². The summed E-state index contributed by atoms with van der Waals surface area (Å²) in [4.78, 5) is 14.6. The van der Waals surface area contributed by atoms with Crippen LogP contribution < -0.4 is 10.0 Å². The molecule has 0 aliphatic carbocycles. The molecule has 6 nitrogen and oxygen atoms in total. The van der Waals surface area contributed by atoms with E-state index in [9.17, 15) is 22.0 Å². The zero-order valence-electron chi connectivity index (χ0n) is 18.5. The first-order valence-corrected chi connectivity index (χ1v) is 11.6. The lowest BCUT2D eigenvalue weighted by atomic mass is 10.0. The number of hydrogen-bond donors (Lipinski definition) is 2. The van der Waals surface area contributed by atoms with Gasteiger partial charge in [-0.15, -0.1) is 0 Å². The molecule has 0 fully saturated rings. The van der Waals surface area contributed by atoms with Crippen molar-refractivity contribution < 1.29 is 22.0 Å². The van der Waals surface area contributed by atoms with Crippen molar-refractivity contribution in [3.8, 4) is 0 Å². The number of carbonyl (C=O) groups excluding carboxylic acids is 1. The Labute approximate surface area is 192 Å². The number of likely N-dealkylation sites (N-methyl/N-ethyl adjacent to an activating group) is 1. The van der Waals surface area contributed by atoms with Crippen LogP contribution in [0, 0.1) is 18.6 Å². The van der Waals surface area contributed by atoms with Crippen LogP contribution in [0.3, 0.4) is 0 Å². The number of aryl methyl sites for hydroxylation is 1. The molecule has 0 saturated carbocycles. The summed E-state index contributed by atoms with van der Waals surface area (Å²) in [6.07, 6.45) is 0. The standard InChI is InChI=1S/C24H25F2N3O3S/c1-16-8-13-19(33(31,32)28-22-7-5-4-6-21(22)26)14-20(16)24(30)27-15-23(29(2)3)17-9-11-18(25)12-10-17/h4-14,23,28H,15H2,1-3H3,(H,27,30). The van der Waals surface area contributed by atoms with Crippen molar-refractivity contribution in [3.05, 3.63) is 95.1 Å². The summed E-state index contributed by atoms with van der Waals surface area (Å²) in [5, 5.41) is 2.82. The van der Waals surface area contributed by atoms with Crippen LogP contribution in [0.25, 0.3) is 0 Å². The van der Waals surface area contributed by atoms with Crippen LogP contribution in [-0.4, -0.2) is 39.9 Å². The van der Waals surface area contributed by atoms with E-state index in [4.69, 9.17) is 0 Å². The lowest BCUT2D eigenvalue weighted by Gasteiger charge is -2.25. The third kappa shape index (κ3) is 5.94. The number of rotatable bonds is 8. The molecular formula is C24H25F2N3O3S. The minimum absolute atomic E-state index is 0.163. The Hall–Kier alpha value is -3.30. The van der Waals surface area contributed by atoms with Crippen LogP contribution in [0.5, 0.6) is 0 Å². The summed E-state index contributed by atoms with van der Waals surface area (Å²) >= 11 is 0. The average molecular weight is 474 g/mol. The molecule has 0 heterocycles. The Morgan fingerprint density at radius 2 is 1.67 bits per heavy atom. The number of amides is 1. The number of carbonyl (C=O) groups is 1. The second-order valence-electron chi connectivity index (χ2n) is 7.80. The highest BCUT2D eigenvalue weighted by Crippen LogP contribution is 2.22. The predicted octanol–water partition coefficient (Wildman–Crippen LogP) is 4.11. The van der Waals surface area contributed by atoms with E-state index in [2.05, 4.69) is 10.0 Å². The smallest absolute Gasteiger partial charge is 0.262 e. The molecule has 2 N–H and O–H groups in total. The van der Waals surface area contributed by atoms with Crippen LogP contribution in [0.4, 0.5) is 14.5 Å². The van der Waals surface area contributed by atoms with E-state index in [0.29, 0.717) is 5.56 Å². The molecule has 0 bridgehead atoms. The maximum Gasteiger partial charge on any atom is 0.262 e. The second-order valence-corrected chi connectivity index (χ2v) is 9.49. The normalized spacial score (nSPS) is 12.4. The van der Waals surface area contributed by atoms with E-state index in [1.807, 2.05) is 19.0 Å². The summed E-state index contributed by atoms with van der Waals surface area (Å²) in [5.74, 6) is -1.51. The molecule has 0 aliphatic rings. The van der Waals surface area contributed by atoms with Crippen LogP contribution in [0.1, 0.15) is 27.5 Å². The molecule has 3 aromatic rings. The molecule has 0 aromatic heterocycles. The SMILES string of the molecule is Cc1ccc(S(=O)(=O)Nc2ccccc2F)cc1C(=O)NCC(c1ccc(F)cc1)N(C)C. The molecule has 3 rings (SSSR count). The van der Waals surface area contributed by atoms with Crippen molar-refractivity contribution in [2.24, 2.45) is 0 Å². The molecule has 9 heteroatoms. The van der Waals surface area contributed by atoms with Gasteiger partial charge in [-0.25, -0.2) is 17.2 Å². The van der Waals surface area contributed by atoms with Crippen LogP contribution in [0.2, 0.25) is 0 Å². The van der Waals surface area contributed by atoms with Gasteiger partial charge in [0.05, 0.1) is 16.6 Å². The zero-order chi connectivity index (χ0) is 24.2. The van der Waals surface area contributed by atoms with Crippen molar-refractivity contribution in [1.82, 2.24) is 10.2 Å². The average Bonchev–Trinajstić information content (AvgIpc) is 2.76. The van der Waals surface area contributed by atoms with Gasteiger partial charge in [0.2, 0.25) is 0 Å². The van der Waals surface area contributed by atoms with Gasteiger partial charge in [-0.1, -0.05) is 30.3 Å². The van der Waals surface area contributed by atoms with E-state index in [1.54, 1.807) is 19.1 Å². The summed E-state index contributed by atoms with van der Waals surface area (Å²) in [7, 11) is -0.434. The van der Waals surface area contributed by atoms with Crippen LogP contribution in [-0.2, 0) is 10.0 Å². The minimum atomic E-state index is -4.11. The fraction of sp³-hybridized carbons (Fsp3) is 0.208. The number of para-hydroxylation sites is 1. The maximum atomic E-state index is 13.9. The first-order valence-electron chi connectivity index (χ1n) is 10.2. The lowest BCUT2D eigenvalue weighted by Crippen LogP contribution is -2.35. The summed E-state index contributed by atoms with van der Waals surface area (Å²) in [6, 6.07) is 15.4. The van der Waals surface area contributed by atoms with Gasteiger partial charge in [-0.2, -0.15) is 0 Å². The van der Waals surface area contributed by atoms with Gasteiger partial charge in [0.1, 0.15) is 11.6 Å². The molecule has 1 unspecified atom stereocenters. The van der Waals surface area contributed by atoms with E-state index in [0.717, 1.165) is 11.6 Å². The quantitative estimate of drug-likeness (QED) is 0.516. The van der Waals surface area contributed by atoms with Gasteiger partial charge in [0.25, 0.3) is 15.9 Å². The first-order chi connectivity index (χ1) is 15.6. The Morgan fingerprint density at radius 3 is 2.30 bits per heavy atom. The summed E-state index contributed by atoms with van der Waals surface area (Å²) in [5.41, 5.74) is 1.41. The van der Waals surface area contributed by atoms with Crippen LogP contribution >= 0.6 is 0 Å². The number of benzene rings is 3. The minimum Gasteiger partial charge on any atom is -0.350 e. The Morgan fingerprint density at radius 1 is 1.00 bits per heavy atom. The molecule has 1 atom stereocenters. The molecule has 0 spiro atoms. The van der Waals surface area contributed by atoms with Gasteiger partial charge in [0, 0.05) is 12.1 Å². The number of halogens is 2. The number of anilines is 1. The number of sulfonamides is 1. The van der Waals surface area contributed by atoms with E-state index < -0.39 is 21.7 Å². The molecular weight excluding hydrogens is 448 g/mol. The third-order valence-corrected chi connectivity index (χ3v) is 6.58. The highest BCUT2D eigenvalue weighted by molar-refractivity contribution is 7.92. The van der Waals surface area contributed by atoms with Crippen molar-refractivity contribution in [3.63, 3.8) is 0 Å². The van der Waals surface area contributed by atoms with Gasteiger partial charge in [-0.3, -0.25) is 9.52 Å². The molecule has 1 amide bonds. The topological polar surface area (TPSA) is 78.5 Å². The number of hydrogen-bond acceptors (Lipinski definition) is 4. The van der Waals surface area contributed by atoms with E-state index in [1.165, 1.54) is 48.5 Å².